The molecule has 1 aromatic rings. The van der Waals surface area contributed by atoms with E-state index in [1.165, 1.54) is 0 Å². The minimum atomic E-state index is -0.953. The summed E-state index contributed by atoms with van der Waals surface area (Å²) in [6, 6.07) is 3.53. The molecule has 122 valence electrons. The van der Waals surface area contributed by atoms with Crippen LogP contribution >= 0.6 is 0 Å². The molecule has 0 radical (unpaired) electrons. The number of hydrogen-bond acceptors (Lipinski definition) is 4. The average molecular weight is 317 g/mol. The van der Waals surface area contributed by atoms with Crippen LogP contribution in [0.15, 0.2) is 18.3 Å². The first-order chi connectivity index (χ1) is 10.9. The van der Waals surface area contributed by atoms with Gasteiger partial charge in [-0.15, -0.1) is 0 Å². The highest BCUT2D eigenvalue weighted by Gasteiger charge is 2.52. The molecule has 3 rings (SSSR count). The predicted molar refractivity (Wildman–Crippen MR) is 80.7 cm³/mol. The van der Waals surface area contributed by atoms with E-state index in [4.69, 9.17) is 0 Å². The van der Waals surface area contributed by atoms with E-state index in [1.54, 1.807) is 23.2 Å². The summed E-state index contributed by atoms with van der Waals surface area (Å²) in [5.41, 5.74) is 0.652. The molecule has 0 saturated carbocycles. The third-order valence-corrected chi connectivity index (χ3v) is 4.84. The monoisotopic (exact) mass is 317 g/mol. The van der Waals surface area contributed by atoms with E-state index in [0.29, 0.717) is 31.5 Å². The molecule has 3 heterocycles. The van der Waals surface area contributed by atoms with Gasteiger partial charge < -0.3 is 15.3 Å². The highest BCUT2D eigenvalue weighted by molar-refractivity contribution is 5.94. The molecule has 0 aromatic carbocycles. The van der Waals surface area contributed by atoms with E-state index in [2.05, 4.69) is 10.3 Å². The number of pyridine rings is 1. The van der Waals surface area contributed by atoms with E-state index in [9.17, 15) is 19.5 Å². The summed E-state index contributed by atoms with van der Waals surface area (Å²) in [5.74, 6) is -2.00. The van der Waals surface area contributed by atoms with Crippen LogP contribution in [0.3, 0.4) is 0 Å². The van der Waals surface area contributed by atoms with Crippen molar-refractivity contribution in [2.45, 2.75) is 31.7 Å². The molecule has 23 heavy (non-hydrogen) atoms. The molecule has 1 atom stereocenters. The van der Waals surface area contributed by atoms with Crippen LogP contribution in [0.2, 0.25) is 0 Å². The molecule has 2 aliphatic rings. The van der Waals surface area contributed by atoms with Crippen LogP contribution in [0, 0.1) is 12.8 Å². The van der Waals surface area contributed by atoms with Crippen LogP contribution < -0.4 is 5.32 Å². The van der Waals surface area contributed by atoms with Gasteiger partial charge in [0.2, 0.25) is 5.91 Å². The third kappa shape index (κ3) is 2.78. The van der Waals surface area contributed by atoms with Gasteiger partial charge in [-0.2, -0.15) is 0 Å². The van der Waals surface area contributed by atoms with E-state index in [1.807, 2.05) is 6.92 Å². The zero-order chi connectivity index (χ0) is 16.6. The quantitative estimate of drug-likeness (QED) is 0.831. The molecule has 1 aromatic heterocycles. The molecule has 7 heteroatoms. The van der Waals surface area contributed by atoms with Crippen LogP contribution in [0.4, 0.5) is 0 Å². The van der Waals surface area contributed by atoms with E-state index in [-0.39, 0.29) is 18.2 Å². The number of aryl methyl sites for hydroxylation is 1. The molecule has 2 aliphatic heterocycles. The van der Waals surface area contributed by atoms with Crippen molar-refractivity contribution < 1.29 is 19.5 Å². The number of carboxylic acid groups (broad SMARTS) is 1. The number of rotatable bonds is 2. The Bertz CT molecular complexity index is 648. The van der Waals surface area contributed by atoms with Gasteiger partial charge in [-0.1, -0.05) is 0 Å². The first-order valence-electron chi connectivity index (χ1n) is 7.67. The van der Waals surface area contributed by atoms with Crippen LogP contribution in [0.5, 0.6) is 0 Å². The van der Waals surface area contributed by atoms with Gasteiger partial charge in [0, 0.05) is 31.4 Å². The Balaban J connectivity index is 1.70. The Labute approximate surface area is 133 Å². The van der Waals surface area contributed by atoms with E-state index >= 15 is 0 Å². The Morgan fingerprint density at radius 2 is 2.04 bits per heavy atom. The maximum Gasteiger partial charge on any atom is 0.309 e. The lowest BCUT2D eigenvalue weighted by molar-refractivity contribution is -0.144. The molecule has 0 aliphatic carbocycles. The van der Waals surface area contributed by atoms with Crippen molar-refractivity contribution in [3.63, 3.8) is 0 Å². The first-order valence-corrected chi connectivity index (χ1v) is 7.67. The largest absolute Gasteiger partial charge is 0.481 e. The topological polar surface area (TPSA) is 99.6 Å². The van der Waals surface area contributed by atoms with Gasteiger partial charge in [-0.05, 0) is 31.9 Å². The summed E-state index contributed by atoms with van der Waals surface area (Å²) >= 11 is 0. The van der Waals surface area contributed by atoms with Gasteiger partial charge in [0.1, 0.15) is 0 Å². The second-order valence-electron chi connectivity index (χ2n) is 6.28. The summed E-state index contributed by atoms with van der Waals surface area (Å²) in [6.07, 6.45) is 2.49. The second-order valence-corrected chi connectivity index (χ2v) is 6.28. The predicted octanol–water partition coefficient (Wildman–Crippen LogP) is 0.586. The normalized spacial score (nSPS) is 22.9. The fraction of sp³-hybridized carbons (Fsp3) is 0.500. The Morgan fingerprint density at radius 1 is 1.35 bits per heavy atom. The number of carbonyl (C=O) groups excluding carboxylic acids is 2. The maximum absolute atomic E-state index is 12.5. The summed E-state index contributed by atoms with van der Waals surface area (Å²) in [5, 5.41) is 12.2. The lowest BCUT2D eigenvalue weighted by Gasteiger charge is -2.41. The third-order valence-electron chi connectivity index (χ3n) is 4.84. The van der Waals surface area contributed by atoms with Crippen molar-refractivity contribution in [1.82, 2.24) is 15.2 Å². The van der Waals surface area contributed by atoms with E-state index in [0.717, 1.165) is 5.69 Å². The molecule has 2 amide bonds. The number of aromatic nitrogens is 1. The summed E-state index contributed by atoms with van der Waals surface area (Å²) < 4.78 is 0. The van der Waals surface area contributed by atoms with Crippen molar-refractivity contribution in [3.8, 4) is 0 Å². The molecule has 1 spiro atoms. The van der Waals surface area contributed by atoms with Crippen molar-refractivity contribution in [1.29, 1.82) is 0 Å². The summed E-state index contributed by atoms with van der Waals surface area (Å²) in [7, 11) is 0. The molecule has 2 fully saturated rings. The number of aliphatic carboxylic acids is 1. The lowest BCUT2D eigenvalue weighted by Crippen LogP contribution is -2.56. The van der Waals surface area contributed by atoms with Gasteiger partial charge in [0.25, 0.3) is 5.91 Å². The molecule has 0 unspecified atom stereocenters. The number of carboxylic acids is 1. The molecule has 2 saturated heterocycles. The number of nitrogens with zero attached hydrogens (tertiary/aromatic N) is 2. The maximum atomic E-state index is 12.5. The van der Waals surface area contributed by atoms with Gasteiger partial charge in [-0.3, -0.25) is 19.4 Å². The van der Waals surface area contributed by atoms with Crippen LogP contribution in [-0.2, 0) is 9.59 Å². The number of nitrogens with one attached hydrogen (secondary N) is 1. The van der Waals surface area contributed by atoms with Crippen LogP contribution in [0.1, 0.15) is 35.3 Å². The van der Waals surface area contributed by atoms with Crippen molar-refractivity contribution in [2.75, 3.05) is 13.1 Å². The van der Waals surface area contributed by atoms with Crippen LogP contribution in [0.25, 0.3) is 0 Å². The fourth-order valence-electron chi connectivity index (χ4n) is 3.48. The summed E-state index contributed by atoms with van der Waals surface area (Å²) in [6.45, 7) is 2.71. The molecule has 7 nitrogen and oxygen atoms in total. The van der Waals surface area contributed by atoms with Crippen molar-refractivity contribution >= 4 is 17.8 Å². The molecule has 0 bridgehead atoms. The molecule has 2 N–H and O–H groups in total. The Hall–Kier alpha value is -2.44. The number of amides is 2. The average Bonchev–Trinajstić information content (AvgIpc) is 2.84. The number of likely N-dealkylation sites (tertiary alicyclic amines) is 1. The highest BCUT2D eigenvalue weighted by Crippen LogP contribution is 2.37. The van der Waals surface area contributed by atoms with Gasteiger partial charge in [0.05, 0.1) is 17.0 Å². The SMILES string of the molecule is Cc1ccc(C(=O)N2CCC3(CC2)NC(=O)C[C@H]3C(=O)O)cn1. The minimum Gasteiger partial charge on any atom is -0.481 e. The zero-order valence-corrected chi connectivity index (χ0v) is 12.9. The van der Waals surface area contributed by atoms with Crippen molar-refractivity contribution in [2.24, 2.45) is 5.92 Å². The van der Waals surface area contributed by atoms with Gasteiger partial charge in [-0.25, -0.2) is 0 Å². The smallest absolute Gasteiger partial charge is 0.309 e. The Kier molecular flexibility index (Phi) is 3.79. The summed E-state index contributed by atoms with van der Waals surface area (Å²) in [4.78, 5) is 41.3. The standard InChI is InChI=1S/C16H19N3O4/c1-10-2-3-11(9-17-10)14(21)19-6-4-16(5-7-19)12(15(22)23)8-13(20)18-16/h2-3,9,12H,4-8H2,1H3,(H,18,20)(H,22,23)/t12-/m0/s1. The van der Waals surface area contributed by atoms with Gasteiger partial charge >= 0.3 is 5.97 Å². The molecular weight excluding hydrogens is 298 g/mol. The highest BCUT2D eigenvalue weighted by atomic mass is 16.4. The minimum absolute atomic E-state index is 0.0190. The zero-order valence-electron chi connectivity index (χ0n) is 12.9. The second kappa shape index (κ2) is 5.64. The Morgan fingerprint density at radius 3 is 2.61 bits per heavy atom. The first kappa shape index (κ1) is 15.5. The van der Waals surface area contributed by atoms with E-state index < -0.39 is 17.4 Å². The number of piperidine rings is 1. The number of hydrogen-bond donors (Lipinski definition) is 2. The fourth-order valence-corrected chi connectivity index (χ4v) is 3.48. The molecular formula is C16H19N3O4. The lowest BCUT2D eigenvalue weighted by atomic mass is 9.77. The van der Waals surface area contributed by atoms with Gasteiger partial charge in [0.15, 0.2) is 0 Å². The van der Waals surface area contributed by atoms with Crippen molar-refractivity contribution in [3.05, 3.63) is 29.6 Å². The van der Waals surface area contributed by atoms with Crippen LogP contribution in [-0.4, -0.2) is 51.4 Å². The number of carbonyl (C=O) groups is 3.